The smallest absolute Gasteiger partial charge is 0.238 e. The summed E-state index contributed by atoms with van der Waals surface area (Å²) in [5.74, 6) is 0.832. The molecule has 1 unspecified atom stereocenters. The second-order valence-corrected chi connectivity index (χ2v) is 4.83. The summed E-state index contributed by atoms with van der Waals surface area (Å²) >= 11 is 6.01. The third kappa shape index (κ3) is 4.58. The van der Waals surface area contributed by atoms with Crippen molar-refractivity contribution in [2.75, 3.05) is 26.1 Å². The van der Waals surface area contributed by atoms with Crippen LogP contribution in [0.5, 0.6) is 11.5 Å². The molecule has 2 N–H and O–H groups in total. The number of hydrogen-bond donors (Lipinski definition) is 2. The average molecular weight is 301 g/mol. The zero-order chi connectivity index (χ0) is 15.1. The van der Waals surface area contributed by atoms with Crippen molar-refractivity contribution in [2.24, 2.45) is 0 Å². The van der Waals surface area contributed by atoms with Gasteiger partial charge in [0.05, 0.1) is 31.5 Å². The van der Waals surface area contributed by atoms with Gasteiger partial charge in [-0.15, -0.1) is 0 Å². The van der Waals surface area contributed by atoms with E-state index in [2.05, 4.69) is 17.6 Å². The molecule has 0 fully saturated rings. The van der Waals surface area contributed by atoms with E-state index in [0.717, 1.165) is 6.42 Å². The van der Waals surface area contributed by atoms with Gasteiger partial charge in [0.2, 0.25) is 5.91 Å². The van der Waals surface area contributed by atoms with Gasteiger partial charge >= 0.3 is 0 Å². The van der Waals surface area contributed by atoms with Crippen molar-refractivity contribution in [1.29, 1.82) is 0 Å². The van der Waals surface area contributed by atoms with Crippen molar-refractivity contribution >= 4 is 23.2 Å². The van der Waals surface area contributed by atoms with Crippen molar-refractivity contribution in [2.45, 2.75) is 26.3 Å². The Morgan fingerprint density at radius 3 is 2.50 bits per heavy atom. The zero-order valence-corrected chi connectivity index (χ0v) is 13.0. The van der Waals surface area contributed by atoms with Crippen LogP contribution in [0.25, 0.3) is 0 Å². The molecule has 1 aromatic carbocycles. The van der Waals surface area contributed by atoms with Crippen LogP contribution in [0.1, 0.15) is 20.3 Å². The molecule has 1 rings (SSSR count). The Kier molecular flexibility index (Phi) is 6.61. The van der Waals surface area contributed by atoms with E-state index in [9.17, 15) is 4.79 Å². The van der Waals surface area contributed by atoms with Gasteiger partial charge in [0, 0.05) is 18.2 Å². The average Bonchev–Trinajstić information content (AvgIpc) is 2.45. The second kappa shape index (κ2) is 7.97. The number of carbonyl (C=O) groups excluding carboxylic acids is 1. The van der Waals surface area contributed by atoms with Gasteiger partial charge in [-0.2, -0.15) is 0 Å². The number of methoxy groups -OCH3 is 2. The van der Waals surface area contributed by atoms with E-state index in [1.165, 1.54) is 14.2 Å². The predicted molar refractivity (Wildman–Crippen MR) is 80.9 cm³/mol. The normalized spacial score (nSPS) is 11.8. The van der Waals surface area contributed by atoms with E-state index in [0.29, 0.717) is 28.3 Å². The van der Waals surface area contributed by atoms with E-state index in [-0.39, 0.29) is 12.5 Å². The molecule has 112 valence electrons. The topological polar surface area (TPSA) is 59.6 Å². The number of nitrogens with one attached hydrogen (secondary N) is 2. The molecule has 1 aromatic rings. The molecule has 0 radical (unpaired) electrons. The fourth-order valence-corrected chi connectivity index (χ4v) is 1.79. The Morgan fingerprint density at radius 1 is 1.30 bits per heavy atom. The Morgan fingerprint density at radius 2 is 1.95 bits per heavy atom. The molecular formula is C14H21ClN2O3. The standard InChI is InChI=1S/C14H21ClN2O3/c1-5-9(2)16-8-14(18)17-11-7-12(19-3)10(15)6-13(11)20-4/h6-7,9,16H,5,8H2,1-4H3,(H,17,18). The largest absolute Gasteiger partial charge is 0.495 e. The Balaban J connectivity index is 2.77. The molecule has 20 heavy (non-hydrogen) atoms. The van der Waals surface area contributed by atoms with Crippen LogP contribution in [0, 0.1) is 0 Å². The quantitative estimate of drug-likeness (QED) is 0.813. The lowest BCUT2D eigenvalue weighted by atomic mass is 10.2. The van der Waals surface area contributed by atoms with Crippen LogP contribution in [0.15, 0.2) is 12.1 Å². The summed E-state index contributed by atoms with van der Waals surface area (Å²) < 4.78 is 10.3. The highest BCUT2D eigenvalue weighted by molar-refractivity contribution is 6.32. The molecule has 1 atom stereocenters. The molecule has 5 nitrogen and oxygen atoms in total. The van der Waals surface area contributed by atoms with Gasteiger partial charge in [-0.05, 0) is 13.3 Å². The second-order valence-electron chi connectivity index (χ2n) is 4.43. The molecular weight excluding hydrogens is 280 g/mol. The Hall–Kier alpha value is -1.46. The number of benzene rings is 1. The van der Waals surface area contributed by atoms with Crippen LogP contribution in [0.2, 0.25) is 5.02 Å². The van der Waals surface area contributed by atoms with Gasteiger partial charge in [0.15, 0.2) is 0 Å². The fourth-order valence-electron chi connectivity index (χ4n) is 1.56. The molecule has 6 heteroatoms. The summed E-state index contributed by atoms with van der Waals surface area (Å²) in [6.07, 6.45) is 0.964. The molecule has 0 aliphatic carbocycles. The molecule has 0 spiro atoms. The predicted octanol–water partition coefficient (Wildman–Crippen LogP) is 2.68. The number of anilines is 1. The maximum absolute atomic E-state index is 11.9. The molecule has 0 aromatic heterocycles. The number of carbonyl (C=O) groups is 1. The van der Waals surface area contributed by atoms with Crippen LogP contribution in [0.3, 0.4) is 0 Å². The molecule has 0 aliphatic heterocycles. The first-order valence-corrected chi connectivity index (χ1v) is 6.84. The van der Waals surface area contributed by atoms with Crippen molar-refractivity contribution in [3.63, 3.8) is 0 Å². The van der Waals surface area contributed by atoms with Gasteiger partial charge < -0.3 is 20.1 Å². The van der Waals surface area contributed by atoms with Gasteiger partial charge in [-0.3, -0.25) is 4.79 Å². The van der Waals surface area contributed by atoms with Gasteiger partial charge in [0.1, 0.15) is 11.5 Å². The molecule has 0 bridgehead atoms. The number of amides is 1. The zero-order valence-electron chi connectivity index (χ0n) is 12.2. The molecule has 0 aliphatic rings. The maximum Gasteiger partial charge on any atom is 0.238 e. The van der Waals surface area contributed by atoms with E-state index in [1.54, 1.807) is 12.1 Å². The summed E-state index contributed by atoms with van der Waals surface area (Å²) in [6, 6.07) is 3.54. The summed E-state index contributed by atoms with van der Waals surface area (Å²) in [5, 5.41) is 6.33. The Labute approximate surface area is 124 Å². The molecule has 1 amide bonds. The van der Waals surface area contributed by atoms with E-state index in [1.807, 2.05) is 6.92 Å². The minimum atomic E-state index is -0.145. The number of hydrogen-bond acceptors (Lipinski definition) is 4. The van der Waals surface area contributed by atoms with Gasteiger partial charge in [-0.1, -0.05) is 18.5 Å². The number of ether oxygens (including phenoxy) is 2. The summed E-state index contributed by atoms with van der Waals surface area (Å²) in [6.45, 7) is 4.32. The first-order valence-electron chi connectivity index (χ1n) is 6.46. The molecule has 0 saturated heterocycles. The molecule has 0 saturated carbocycles. The van der Waals surface area contributed by atoms with Crippen LogP contribution in [-0.4, -0.2) is 32.7 Å². The molecule has 0 heterocycles. The van der Waals surface area contributed by atoms with E-state index < -0.39 is 0 Å². The minimum Gasteiger partial charge on any atom is -0.495 e. The highest BCUT2D eigenvalue weighted by Gasteiger charge is 2.12. The third-order valence-corrected chi connectivity index (χ3v) is 3.27. The summed E-state index contributed by atoms with van der Waals surface area (Å²) in [4.78, 5) is 11.9. The number of rotatable bonds is 7. The lowest BCUT2D eigenvalue weighted by Gasteiger charge is -2.14. The van der Waals surface area contributed by atoms with Gasteiger partial charge in [0.25, 0.3) is 0 Å². The minimum absolute atomic E-state index is 0.145. The summed E-state index contributed by atoms with van der Waals surface area (Å²) in [7, 11) is 3.04. The van der Waals surface area contributed by atoms with Crippen molar-refractivity contribution in [3.05, 3.63) is 17.2 Å². The number of halogens is 1. The third-order valence-electron chi connectivity index (χ3n) is 2.97. The van der Waals surface area contributed by atoms with Gasteiger partial charge in [-0.25, -0.2) is 0 Å². The lowest BCUT2D eigenvalue weighted by molar-refractivity contribution is -0.115. The monoisotopic (exact) mass is 300 g/mol. The first kappa shape index (κ1) is 16.6. The van der Waals surface area contributed by atoms with E-state index in [4.69, 9.17) is 21.1 Å². The lowest BCUT2D eigenvalue weighted by Crippen LogP contribution is -2.34. The SMILES string of the molecule is CCC(C)NCC(=O)Nc1cc(OC)c(Cl)cc1OC. The van der Waals surface area contributed by atoms with Crippen molar-refractivity contribution < 1.29 is 14.3 Å². The summed E-state index contributed by atoms with van der Waals surface area (Å²) in [5.41, 5.74) is 0.532. The van der Waals surface area contributed by atoms with Crippen LogP contribution in [0.4, 0.5) is 5.69 Å². The van der Waals surface area contributed by atoms with E-state index >= 15 is 0 Å². The Bertz CT molecular complexity index is 466. The van der Waals surface area contributed by atoms with Crippen molar-refractivity contribution in [3.8, 4) is 11.5 Å². The van der Waals surface area contributed by atoms with Crippen molar-refractivity contribution in [1.82, 2.24) is 5.32 Å². The maximum atomic E-state index is 11.9. The van der Waals surface area contributed by atoms with Crippen LogP contribution >= 0.6 is 11.6 Å². The first-order chi connectivity index (χ1) is 9.51. The fraction of sp³-hybridized carbons (Fsp3) is 0.500. The van der Waals surface area contributed by atoms with Crippen LogP contribution < -0.4 is 20.1 Å². The highest BCUT2D eigenvalue weighted by Crippen LogP contribution is 2.35. The highest BCUT2D eigenvalue weighted by atomic mass is 35.5. The van der Waals surface area contributed by atoms with Crippen LogP contribution in [-0.2, 0) is 4.79 Å².